The van der Waals surface area contributed by atoms with Crippen LogP contribution in [0.15, 0.2) is 48.5 Å². The minimum Gasteiger partial charge on any atom is -0.497 e. The molecule has 1 atom stereocenters. The number of hydrogen-bond donors (Lipinski definition) is 2. The largest absolute Gasteiger partial charge is 0.497 e. The van der Waals surface area contributed by atoms with Crippen LogP contribution in [0.4, 0.5) is 4.39 Å². The van der Waals surface area contributed by atoms with Gasteiger partial charge in [-0.1, -0.05) is 24.3 Å². The molecular weight excluding hydrogens is 313 g/mol. The zero-order valence-electron chi connectivity index (χ0n) is 13.2. The molecule has 126 valence electrons. The van der Waals surface area contributed by atoms with E-state index < -0.39 is 17.9 Å². The Bertz CT molecular complexity index is 715. The van der Waals surface area contributed by atoms with Gasteiger partial charge in [-0.2, -0.15) is 0 Å². The van der Waals surface area contributed by atoms with Gasteiger partial charge in [0.15, 0.2) is 0 Å². The summed E-state index contributed by atoms with van der Waals surface area (Å²) in [4.78, 5) is 23.4. The summed E-state index contributed by atoms with van der Waals surface area (Å²) in [6, 6.07) is 11.5. The zero-order valence-corrected chi connectivity index (χ0v) is 13.2. The maximum Gasteiger partial charge on any atom is 0.326 e. The molecule has 0 heterocycles. The average Bonchev–Trinajstić information content (AvgIpc) is 2.56. The highest BCUT2D eigenvalue weighted by molar-refractivity contribution is 5.85. The first kappa shape index (κ1) is 17.5. The molecule has 24 heavy (non-hydrogen) atoms. The van der Waals surface area contributed by atoms with E-state index in [0.717, 1.165) is 5.56 Å². The number of rotatable bonds is 7. The minimum atomic E-state index is -1.12. The van der Waals surface area contributed by atoms with Crippen LogP contribution in [0.2, 0.25) is 0 Å². The lowest BCUT2D eigenvalue weighted by molar-refractivity contribution is -0.141. The lowest BCUT2D eigenvalue weighted by atomic mass is 10.0. The predicted molar refractivity (Wildman–Crippen MR) is 86.4 cm³/mol. The average molecular weight is 331 g/mol. The maximum atomic E-state index is 12.9. The van der Waals surface area contributed by atoms with Crippen LogP contribution >= 0.6 is 0 Å². The van der Waals surface area contributed by atoms with E-state index >= 15 is 0 Å². The van der Waals surface area contributed by atoms with Crippen molar-refractivity contribution >= 4 is 11.9 Å². The Kier molecular flexibility index (Phi) is 5.89. The molecule has 0 bridgehead atoms. The number of carboxylic acid groups (broad SMARTS) is 1. The van der Waals surface area contributed by atoms with Crippen molar-refractivity contribution < 1.29 is 23.8 Å². The first-order valence-electron chi connectivity index (χ1n) is 7.37. The SMILES string of the molecule is COc1cccc(C[C@H](NC(=O)Cc2ccc(F)cc2)C(=O)O)c1. The van der Waals surface area contributed by atoms with Crippen molar-refractivity contribution in [2.45, 2.75) is 18.9 Å². The summed E-state index contributed by atoms with van der Waals surface area (Å²) >= 11 is 0. The van der Waals surface area contributed by atoms with Gasteiger partial charge in [0.1, 0.15) is 17.6 Å². The van der Waals surface area contributed by atoms with E-state index in [2.05, 4.69) is 5.32 Å². The van der Waals surface area contributed by atoms with Gasteiger partial charge in [-0.15, -0.1) is 0 Å². The number of carboxylic acids is 1. The van der Waals surface area contributed by atoms with Crippen molar-refractivity contribution in [2.24, 2.45) is 0 Å². The number of ether oxygens (including phenoxy) is 1. The third-order valence-corrected chi connectivity index (χ3v) is 3.49. The third-order valence-electron chi connectivity index (χ3n) is 3.49. The third kappa shape index (κ3) is 5.08. The summed E-state index contributed by atoms with van der Waals surface area (Å²) in [7, 11) is 1.53. The van der Waals surface area contributed by atoms with Gasteiger partial charge in [-0.05, 0) is 35.4 Å². The van der Waals surface area contributed by atoms with Crippen LogP contribution in [-0.2, 0) is 22.4 Å². The number of carbonyl (C=O) groups excluding carboxylic acids is 1. The number of methoxy groups -OCH3 is 1. The Hall–Kier alpha value is -2.89. The van der Waals surface area contributed by atoms with Crippen molar-refractivity contribution in [1.29, 1.82) is 0 Å². The van der Waals surface area contributed by atoms with E-state index in [1.165, 1.54) is 31.4 Å². The normalized spacial score (nSPS) is 11.6. The predicted octanol–water partition coefficient (Wildman–Crippen LogP) is 2.19. The van der Waals surface area contributed by atoms with Gasteiger partial charge in [-0.25, -0.2) is 9.18 Å². The van der Waals surface area contributed by atoms with Gasteiger partial charge in [0.2, 0.25) is 5.91 Å². The highest BCUT2D eigenvalue weighted by Gasteiger charge is 2.20. The highest BCUT2D eigenvalue weighted by Crippen LogP contribution is 2.14. The Morgan fingerprint density at radius 1 is 1.17 bits per heavy atom. The summed E-state index contributed by atoms with van der Waals surface area (Å²) in [6.45, 7) is 0. The van der Waals surface area contributed by atoms with E-state index in [1.807, 2.05) is 0 Å². The molecule has 1 amide bonds. The van der Waals surface area contributed by atoms with Crippen LogP contribution in [0.3, 0.4) is 0 Å². The second-order valence-corrected chi connectivity index (χ2v) is 5.32. The smallest absolute Gasteiger partial charge is 0.326 e. The summed E-state index contributed by atoms with van der Waals surface area (Å²) < 4.78 is 18.0. The van der Waals surface area contributed by atoms with Crippen LogP contribution in [0.5, 0.6) is 5.75 Å². The monoisotopic (exact) mass is 331 g/mol. The van der Waals surface area contributed by atoms with E-state index in [0.29, 0.717) is 11.3 Å². The fraction of sp³-hybridized carbons (Fsp3) is 0.222. The summed E-state index contributed by atoms with van der Waals surface area (Å²) in [5.74, 6) is -1.32. The molecule has 0 unspecified atom stereocenters. The molecule has 0 saturated heterocycles. The molecule has 0 aliphatic heterocycles. The second-order valence-electron chi connectivity index (χ2n) is 5.32. The van der Waals surface area contributed by atoms with Gasteiger partial charge < -0.3 is 15.2 Å². The standard InChI is InChI=1S/C18H18FNO4/c1-24-15-4-2-3-13(9-15)10-16(18(22)23)20-17(21)11-12-5-7-14(19)8-6-12/h2-9,16H,10-11H2,1H3,(H,20,21)(H,22,23)/t16-/m0/s1. The van der Waals surface area contributed by atoms with Crippen LogP contribution in [-0.4, -0.2) is 30.1 Å². The molecule has 0 fully saturated rings. The van der Waals surface area contributed by atoms with Crippen molar-refractivity contribution in [1.82, 2.24) is 5.32 Å². The van der Waals surface area contributed by atoms with Crippen molar-refractivity contribution in [3.05, 3.63) is 65.5 Å². The molecule has 0 saturated carbocycles. The van der Waals surface area contributed by atoms with Gasteiger partial charge in [0.05, 0.1) is 13.5 Å². The van der Waals surface area contributed by atoms with Gasteiger partial charge in [-0.3, -0.25) is 4.79 Å². The molecule has 0 aliphatic carbocycles. The van der Waals surface area contributed by atoms with Crippen LogP contribution in [0.25, 0.3) is 0 Å². The molecule has 2 aromatic carbocycles. The summed E-state index contributed by atoms with van der Waals surface area (Å²) in [6.07, 6.45) is 0.129. The van der Waals surface area contributed by atoms with Gasteiger partial charge in [0.25, 0.3) is 0 Å². The first-order valence-corrected chi connectivity index (χ1v) is 7.37. The number of halogens is 1. The zero-order chi connectivity index (χ0) is 17.5. The Morgan fingerprint density at radius 3 is 2.50 bits per heavy atom. The molecule has 2 N–H and O–H groups in total. The molecule has 6 heteroatoms. The van der Waals surface area contributed by atoms with E-state index in [1.54, 1.807) is 24.3 Å². The Morgan fingerprint density at radius 2 is 1.88 bits per heavy atom. The minimum absolute atomic E-state index is 0.0117. The van der Waals surface area contributed by atoms with Crippen molar-refractivity contribution in [3.63, 3.8) is 0 Å². The number of benzene rings is 2. The summed E-state index contributed by atoms with van der Waals surface area (Å²) in [5, 5.41) is 11.8. The van der Waals surface area contributed by atoms with E-state index in [4.69, 9.17) is 4.74 Å². The van der Waals surface area contributed by atoms with Gasteiger partial charge >= 0.3 is 5.97 Å². The van der Waals surface area contributed by atoms with E-state index in [-0.39, 0.29) is 18.7 Å². The molecule has 0 spiro atoms. The molecular formula is C18H18FNO4. The first-order chi connectivity index (χ1) is 11.5. The van der Waals surface area contributed by atoms with Crippen LogP contribution < -0.4 is 10.1 Å². The fourth-order valence-electron chi connectivity index (χ4n) is 2.27. The van der Waals surface area contributed by atoms with Crippen molar-refractivity contribution in [3.8, 4) is 5.75 Å². The van der Waals surface area contributed by atoms with Crippen LogP contribution in [0, 0.1) is 5.82 Å². The second kappa shape index (κ2) is 8.10. The van der Waals surface area contributed by atoms with Gasteiger partial charge in [0, 0.05) is 6.42 Å². The number of nitrogens with one attached hydrogen (secondary N) is 1. The molecule has 2 aromatic rings. The Balaban J connectivity index is 2.00. The molecule has 0 aromatic heterocycles. The van der Waals surface area contributed by atoms with Crippen LogP contribution in [0.1, 0.15) is 11.1 Å². The molecule has 0 aliphatic rings. The maximum absolute atomic E-state index is 12.9. The molecule has 5 nitrogen and oxygen atoms in total. The molecule has 0 radical (unpaired) electrons. The van der Waals surface area contributed by atoms with E-state index in [9.17, 15) is 19.1 Å². The molecule has 2 rings (SSSR count). The van der Waals surface area contributed by atoms with Crippen molar-refractivity contribution in [2.75, 3.05) is 7.11 Å². The number of carbonyl (C=O) groups is 2. The lowest BCUT2D eigenvalue weighted by Gasteiger charge is -2.15. The number of amides is 1. The topological polar surface area (TPSA) is 75.6 Å². The highest BCUT2D eigenvalue weighted by atomic mass is 19.1. The number of hydrogen-bond acceptors (Lipinski definition) is 3. The lowest BCUT2D eigenvalue weighted by Crippen LogP contribution is -2.43. The number of aliphatic carboxylic acids is 1. The summed E-state index contributed by atoms with van der Waals surface area (Å²) in [5.41, 5.74) is 1.35. The quantitative estimate of drug-likeness (QED) is 0.815. The Labute approximate surface area is 139 Å². The fourth-order valence-corrected chi connectivity index (χ4v) is 2.27.